The average Bonchev–Trinajstić information content (AvgIpc) is 2.41. The number of aromatic nitrogens is 1. The lowest BCUT2D eigenvalue weighted by molar-refractivity contribution is 0.876. The summed E-state index contributed by atoms with van der Waals surface area (Å²) in [5, 5.41) is 3.93. The Kier molecular flexibility index (Phi) is 4.35. The minimum Gasteiger partial charge on any atom is -0.389 e. The van der Waals surface area contributed by atoms with E-state index in [1.165, 1.54) is 0 Å². The van der Waals surface area contributed by atoms with Crippen LogP contribution in [-0.4, -0.2) is 9.97 Å². The SMILES string of the molecule is CC(Nc1ccc(C(N)=S)cc1Cl)c1cccnc1. The molecule has 0 spiro atoms. The highest BCUT2D eigenvalue weighted by Crippen LogP contribution is 2.27. The highest BCUT2D eigenvalue weighted by Gasteiger charge is 2.08. The summed E-state index contributed by atoms with van der Waals surface area (Å²) < 4.78 is 0. The van der Waals surface area contributed by atoms with Gasteiger partial charge in [0.2, 0.25) is 0 Å². The van der Waals surface area contributed by atoms with Gasteiger partial charge in [0, 0.05) is 18.0 Å². The molecular weight excluding hydrogens is 278 g/mol. The van der Waals surface area contributed by atoms with Crippen molar-refractivity contribution in [1.82, 2.24) is 4.98 Å². The summed E-state index contributed by atoms with van der Waals surface area (Å²) in [4.78, 5) is 4.44. The molecule has 0 saturated carbocycles. The Morgan fingerprint density at radius 2 is 2.21 bits per heavy atom. The van der Waals surface area contributed by atoms with Crippen LogP contribution < -0.4 is 11.1 Å². The lowest BCUT2D eigenvalue weighted by Crippen LogP contribution is -2.10. The van der Waals surface area contributed by atoms with Crippen LogP contribution in [0.25, 0.3) is 0 Å². The molecule has 1 aromatic heterocycles. The van der Waals surface area contributed by atoms with E-state index in [4.69, 9.17) is 29.6 Å². The number of nitrogens with two attached hydrogens (primary N) is 1. The van der Waals surface area contributed by atoms with E-state index in [0.29, 0.717) is 10.0 Å². The predicted octanol–water partition coefficient (Wildman–Crippen LogP) is 3.54. The first-order chi connectivity index (χ1) is 9.08. The van der Waals surface area contributed by atoms with Crippen molar-refractivity contribution in [3.05, 3.63) is 58.9 Å². The topological polar surface area (TPSA) is 50.9 Å². The van der Waals surface area contributed by atoms with Crippen LogP contribution in [0, 0.1) is 0 Å². The Labute approximate surface area is 122 Å². The first kappa shape index (κ1) is 13.8. The standard InChI is InChI=1S/C14H14ClN3S/c1-9(11-3-2-6-17-8-11)18-13-5-4-10(14(16)19)7-12(13)15/h2-9,18H,1H3,(H2,16,19). The fourth-order valence-electron chi connectivity index (χ4n) is 1.73. The van der Waals surface area contributed by atoms with Crippen LogP contribution in [0.3, 0.4) is 0 Å². The van der Waals surface area contributed by atoms with Crippen molar-refractivity contribution in [1.29, 1.82) is 0 Å². The Balaban J connectivity index is 2.18. The Hall–Kier alpha value is -1.65. The zero-order valence-corrected chi connectivity index (χ0v) is 12.0. The molecule has 3 nitrogen and oxygen atoms in total. The number of hydrogen-bond acceptors (Lipinski definition) is 3. The van der Waals surface area contributed by atoms with Gasteiger partial charge in [-0.2, -0.15) is 0 Å². The van der Waals surface area contributed by atoms with Gasteiger partial charge in [0.1, 0.15) is 4.99 Å². The maximum atomic E-state index is 6.21. The van der Waals surface area contributed by atoms with Gasteiger partial charge in [0.25, 0.3) is 0 Å². The van der Waals surface area contributed by atoms with Gasteiger partial charge in [0.15, 0.2) is 0 Å². The summed E-state index contributed by atoms with van der Waals surface area (Å²) in [5.74, 6) is 0. The summed E-state index contributed by atoms with van der Waals surface area (Å²) in [6.07, 6.45) is 3.58. The second kappa shape index (κ2) is 5.99. The zero-order chi connectivity index (χ0) is 13.8. The second-order valence-corrected chi connectivity index (χ2v) is 5.06. The van der Waals surface area contributed by atoms with E-state index in [1.807, 2.05) is 30.5 Å². The number of anilines is 1. The number of benzene rings is 1. The van der Waals surface area contributed by atoms with Crippen LogP contribution in [0.2, 0.25) is 5.02 Å². The molecule has 0 bridgehead atoms. The van der Waals surface area contributed by atoms with Crippen molar-refractivity contribution in [2.24, 2.45) is 5.73 Å². The van der Waals surface area contributed by atoms with Gasteiger partial charge in [0.05, 0.1) is 16.8 Å². The van der Waals surface area contributed by atoms with E-state index < -0.39 is 0 Å². The number of hydrogen-bond donors (Lipinski definition) is 2. The lowest BCUT2D eigenvalue weighted by Gasteiger charge is -2.16. The second-order valence-electron chi connectivity index (χ2n) is 4.21. The third kappa shape index (κ3) is 3.43. The minimum absolute atomic E-state index is 0.113. The van der Waals surface area contributed by atoms with Gasteiger partial charge >= 0.3 is 0 Å². The third-order valence-electron chi connectivity index (χ3n) is 2.81. The maximum absolute atomic E-state index is 6.21. The van der Waals surface area contributed by atoms with Crippen LogP contribution in [0.1, 0.15) is 24.1 Å². The molecule has 1 heterocycles. The number of nitrogens with zero attached hydrogens (tertiary/aromatic N) is 1. The number of rotatable bonds is 4. The number of pyridine rings is 1. The fraction of sp³-hybridized carbons (Fsp3) is 0.143. The molecule has 1 aromatic carbocycles. The molecular formula is C14H14ClN3S. The van der Waals surface area contributed by atoms with Crippen molar-refractivity contribution < 1.29 is 0 Å². The minimum atomic E-state index is 0.113. The van der Waals surface area contributed by atoms with Crippen LogP contribution in [-0.2, 0) is 0 Å². The fourth-order valence-corrected chi connectivity index (χ4v) is 2.10. The molecule has 0 aliphatic heterocycles. The van der Waals surface area contributed by atoms with Gasteiger partial charge in [-0.05, 0) is 36.8 Å². The summed E-state index contributed by atoms with van der Waals surface area (Å²) in [6.45, 7) is 2.05. The molecule has 0 fully saturated rings. The summed E-state index contributed by atoms with van der Waals surface area (Å²) in [5.41, 5.74) is 8.27. The largest absolute Gasteiger partial charge is 0.389 e. The smallest absolute Gasteiger partial charge is 0.104 e. The van der Waals surface area contributed by atoms with Crippen LogP contribution in [0.15, 0.2) is 42.7 Å². The first-order valence-corrected chi connectivity index (χ1v) is 6.62. The van der Waals surface area contributed by atoms with Gasteiger partial charge in [-0.25, -0.2) is 0 Å². The average molecular weight is 292 g/mol. The number of thiocarbonyl (C=S) groups is 1. The third-order valence-corrected chi connectivity index (χ3v) is 3.36. The molecule has 1 atom stereocenters. The van der Waals surface area contributed by atoms with Gasteiger partial charge in [-0.3, -0.25) is 4.98 Å². The predicted molar refractivity (Wildman–Crippen MR) is 83.6 cm³/mol. The quantitative estimate of drug-likeness (QED) is 0.846. The van der Waals surface area contributed by atoms with Crippen LogP contribution in [0.4, 0.5) is 5.69 Å². The Morgan fingerprint density at radius 1 is 1.42 bits per heavy atom. The van der Waals surface area contributed by atoms with Crippen LogP contribution >= 0.6 is 23.8 Å². The van der Waals surface area contributed by atoms with Crippen molar-refractivity contribution in [2.45, 2.75) is 13.0 Å². The molecule has 0 saturated heterocycles. The molecule has 0 aliphatic rings. The monoisotopic (exact) mass is 291 g/mol. The van der Waals surface area contributed by atoms with E-state index in [-0.39, 0.29) is 6.04 Å². The molecule has 2 rings (SSSR count). The van der Waals surface area contributed by atoms with Gasteiger partial charge in [-0.15, -0.1) is 0 Å². The summed E-state index contributed by atoms with van der Waals surface area (Å²) >= 11 is 11.1. The molecule has 0 radical (unpaired) electrons. The van der Waals surface area contributed by atoms with Gasteiger partial charge in [-0.1, -0.05) is 29.9 Å². The Bertz CT molecular complexity index is 586. The van der Waals surface area contributed by atoms with Crippen LogP contribution in [0.5, 0.6) is 0 Å². The van der Waals surface area contributed by atoms with E-state index in [9.17, 15) is 0 Å². The van der Waals surface area contributed by atoms with Crippen molar-refractivity contribution in [3.8, 4) is 0 Å². The molecule has 1 unspecified atom stereocenters. The van der Waals surface area contributed by atoms with Gasteiger partial charge < -0.3 is 11.1 Å². The first-order valence-electron chi connectivity index (χ1n) is 5.83. The normalized spacial score (nSPS) is 11.9. The van der Waals surface area contributed by atoms with Crippen molar-refractivity contribution in [3.63, 3.8) is 0 Å². The maximum Gasteiger partial charge on any atom is 0.104 e. The summed E-state index contributed by atoms with van der Waals surface area (Å²) in [7, 11) is 0. The van der Waals surface area contributed by atoms with Crippen molar-refractivity contribution in [2.75, 3.05) is 5.32 Å². The molecule has 0 amide bonds. The number of halogens is 1. The Morgan fingerprint density at radius 3 is 2.79 bits per heavy atom. The molecule has 2 aromatic rings. The van der Waals surface area contributed by atoms with E-state index in [2.05, 4.69) is 17.2 Å². The van der Waals surface area contributed by atoms with E-state index in [0.717, 1.165) is 16.8 Å². The van der Waals surface area contributed by atoms with Crippen molar-refractivity contribution >= 4 is 34.5 Å². The molecule has 3 N–H and O–H groups in total. The summed E-state index contributed by atoms with van der Waals surface area (Å²) in [6, 6.07) is 9.53. The highest BCUT2D eigenvalue weighted by molar-refractivity contribution is 7.80. The highest BCUT2D eigenvalue weighted by atomic mass is 35.5. The zero-order valence-electron chi connectivity index (χ0n) is 10.4. The molecule has 5 heteroatoms. The number of nitrogens with one attached hydrogen (secondary N) is 1. The lowest BCUT2D eigenvalue weighted by atomic mass is 10.1. The van der Waals surface area contributed by atoms with E-state index in [1.54, 1.807) is 12.3 Å². The molecule has 0 aliphatic carbocycles. The molecule has 19 heavy (non-hydrogen) atoms. The van der Waals surface area contributed by atoms with E-state index >= 15 is 0 Å². The molecule has 98 valence electrons.